The molecule has 2 rings (SSSR count). The van der Waals surface area contributed by atoms with Gasteiger partial charge in [0.15, 0.2) is 0 Å². The molecule has 0 aliphatic rings. The van der Waals surface area contributed by atoms with Crippen molar-refractivity contribution in [3.63, 3.8) is 0 Å². The van der Waals surface area contributed by atoms with Gasteiger partial charge in [-0.25, -0.2) is 0 Å². The molecule has 0 fully saturated rings. The molecule has 0 spiro atoms. The van der Waals surface area contributed by atoms with Crippen LogP contribution in [0.5, 0.6) is 0 Å². The molecule has 0 unspecified atom stereocenters. The average Bonchev–Trinajstić information content (AvgIpc) is 2.46. The molecule has 0 bridgehead atoms. The van der Waals surface area contributed by atoms with Crippen molar-refractivity contribution < 1.29 is 4.92 Å². The van der Waals surface area contributed by atoms with Crippen LogP contribution in [0.25, 0.3) is 6.08 Å². The Labute approximate surface area is 132 Å². The van der Waals surface area contributed by atoms with Crippen LogP contribution in [-0.4, -0.2) is 10.7 Å². The Bertz CT molecular complexity index is 668. The fourth-order valence-electron chi connectivity index (χ4n) is 1.86. The molecule has 0 aliphatic carbocycles. The summed E-state index contributed by atoms with van der Waals surface area (Å²) >= 11 is 7.30. The number of hydrogen-bond acceptors (Lipinski definition) is 3. The maximum absolute atomic E-state index is 11.0. The first kappa shape index (κ1) is 15.6. The van der Waals surface area contributed by atoms with E-state index in [-0.39, 0.29) is 10.6 Å². The summed E-state index contributed by atoms with van der Waals surface area (Å²) in [6, 6.07) is 12.7. The number of aryl methyl sites for hydroxylation is 1. The standard InChI is InChI=1S/C16H14ClNO2S/c1-12-4-2-6-15(18(19)20)16(12)21-11-3-5-13-7-9-14(17)10-8-13/h2-10H,11H2,1H3. The monoisotopic (exact) mass is 319 g/mol. The highest BCUT2D eigenvalue weighted by atomic mass is 35.5. The molecule has 0 atom stereocenters. The topological polar surface area (TPSA) is 43.1 Å². The fraction of sp³-hybridized carbons (Fsp3) is 0.125. The first-order valence-electron chi connectivity index (χ1n) is 6.37. The SMILES string of the molecule is Cc1cccc([N+](=O)[O-])c1SCC=Cc1ccc(Cl)cc1. The van der Waals surface area contributed by atoms with Crippen LogP contribution in [0.2, 0.25) is 5.02 Å². The molecule has 0 aliphatic heterocycles. The van der Waals surface area contributed by atoms with Gasteiger partial charge in [0, 0.05) is 16.8 Å². The van der Waals surface area contributed by atoms with Crippen LogP contribution in [0, 0.1) is 17.0 Å². The van der Waals surface area contributed by atoms with Crippen LogP contribution in [-0.2, 0) is 0 Å². The van der Waals surface area contributed by atoms with E-state index in [4.69, 9.17) is 11.6 Å². The number of rotatable bonds is 5. The summed E-state index contributed by atoms with van der Waals surface area (Å²) in [5.41, 5.74) is 2.15. The number of benzene rings is 2. The molecule has 0 aromatic heterocycles. The van der Waals surface area contributed by atoms with Gasteiger partial charge in [0.05, 0.1) is 9.82 Å². The minimum Gasteiger partial charge on any atom is -0.258 e. The first-order valence-corrected chi connectivity index (χ1v) is 7.73. The zero-order chi connectivity index (χ0) is 15.2. The van der Waals surface area contributed by atoms with E-state index in [0.29, 0.717) is 10.8 Å². The van der Waals surface area contributed by atoms with Crippen molar-refractivity contribution in [1.29, 1.82) is 0 Å². The molecule has 21 heavy (non-hydrogen) atoms. The van der Waals surface area contributed by atoms with Gasteiger partial charge in [0.25, 0.3) is 5.69 Å². The summed E-state index contributed by atoms with van der Waals surface area (Å²) in [4.78, 5) is 11.4. The average molecular weight is 320 g/mol. The zero-order valence-corrected chi connectivity index (χ0v) is 13.0. The Kier molecular flexibility index (Phi) is 5.42. The molecular weight excluding hydrogens is 306 g/mol. The van der Waals surface area contributed by atoms with Crippen molar-refractivity contribution in [2.24, 2.45) is 0 Å². The van der Waals surface area contributed by atoms with Gasteiger partial charge in [0.1, 0.15) is 0 Å². The normalized spacial score (nSPS) is 11.0. The second-order valence-corrected chi connectivity index (χ2v) is 5.91. The van der Waals surface area contributed by atoms with Crippen molar-refractivity contribution in [1.82, 2.24) is 0 Å². The molecule has 2 aromatic carbocycles. The lowest BCUT2D eigenvalue weighted by molar-refractivity contribution is -0.387. The van der Waals surface area contributed by atoms with Crippen molar-refractivity contribution in [3.8, 4) is 0 Å². The van der Waals surface area contributed by atoms with Gasteiger partial charge in [-0.2, -0.15) is 0 Å². The van der Waals surface area contributed by atoms with Gasteiger partial charge in [0.2, 0.25) is 0 Å². The minimum absolute atomic E-state index is 0.167. The maximum atomic E-state index is 11.0. The van der Waals surface area contributed by atoms with Gasteiger partial charge in [-0.1, -0.05) is 48.0 Å². The van der Waals surface area contributed by atoms with Crippen LogP contribution in [0.1, 0.15) is 11.1 Å². The van der Waals surface area contributed by atoms with Gasteiger partial charge in [-0.15, -0.1) is 11.8 Å². The lowest BCUT2D eigenvalue weighted by Crippen LogP contribution is -1.93. The van der Waals surface area contributed by atoms with Crippen LogP contribution in [0.4, 0.5) is 5.69 Å². The van der Waals surface area contributed by atoms with Gasteiger partial charge in [-0.05, 0) is 30.2 Å². The van der Waals surface area contributed by atoms with Crippen molar-refractivity contribution in [2.45, 2.75) is 11.8 Å². The van der Waals surface area contributed by atoms with Crippen LogP contribution < -0.4 is 0 Å². The second kappa shape index (κ2) is 7.29. The smallest absolute Gasteiger partial charge is 0.258 e. The number of nitrogens with zero attached hydrogens (tertiary/aromatic N) is 1. The lowest BCUT2D eigenvalue weighted by Gasteiger charge is -2.04. The zero-order valence-electron chi connectivity index (χ0n) is 11.5. The Morgan fingerprint density at radius 3 is 2.62 bits per heavy atom. The third-order valence-electron chi connectivity index (χ3n) is 2.89. The maximum Gasteiger partial charge on any atom is 0.283 e. The third-order valence-corrected chi connectivity index (χ3v) is 4.32. The summed E-state index contributed by atoms with van der Waals surface area (Å²) in [7, 11) is 0. The summed E-state index contributed by atoms with van der Waals surface area (Å²) in [6.45, 7) is 1.89. The van der Waals surface area contributed by atoms with Gasteiger partial charge >= 0.3 is 0 Å². The molecule has 0 saturated heterocycles. The highest BCUT2D eigenvalue weighted by molar-refractivity contribution is 7.99. The molecule has 2 aromatic rings. The van der Waals surface area contributed by atoms with Crippen molar-refractivity contribution in [3.05, 3.63) is 74.8 Å². The number of nitro groups is 1. The Balaban J connectivity index is 2.03. The summed E-state index contributed by atoms with van der Waals surface area (Å²) in [6.07, 6.45) is 3.97. The van der Waals surface area contributed by atoms with Crippen molar-refractivity contribution >= 4 is 35.1 Å². The fourth-order valence-corrected chi connectivity index (χ4v) is 2.93. The van der Waals surface area contributed by atoms with Gasteiger partial charge in [-0.3, -0.25) is 10.1 Å². The summed E-state index contributed by atoms with van der Waals surface area (Å²) < 4.78 is 0. The van der Waals surface area contributed by atoms with E-state index in [0.717, 1.165) is 16.0 Å². The first-order chi connectivity index (χ1) is 10.1. The van der Waals surface area contributed by atoms with Crippen LogP contribution in [0.3, 0.4) is 0 Å². The highest BCUT2D eigenvalue weighted by Gasteiger charge is 2.14. The predicted molar refractivity (Wildman–Crippen MR) is 89.0 cm³/mol. The van der Waals surface area contributed by atoms with E-state index in [1.54, 1.807) is 6.07 Å². The molecule has 0 N–H and O–H groups in total. The summed E-state index contributed by atoms with van der Waals surface area (Å²) in [5, 5.41) is 11.7. The molecule has 0 heterocycles. The number of thioether (sulfide) groups is 1. The molecule has 3 nitrogen and oxygen atoms in total. The number of halogens is 1. The Hall–Kier alpha value is -1.78. The molecular formula is C16H14ClNO2S. The molecule has 108 valence electrons. The molecule has 0 radical (unpaired) electrons. The summed E-state index contributed by atoms with van der Waals surface area (Å²) in [5.74, 6) is 0.675. The van der Waals surface area contributed by atoms with E-state index in [9.17, 15) is 10.1 Å². The third kappa shape index (κ3) is 4.34. The highest BCUT2D eigenvalue weighted by Crippen LogP contribution is 2.32. The minimum atomic E-state index is -0.335. The van der Waals surface area contributed by atoms with Crippen molar-refractivity contribution in [2.75, 3.05) is 5.75 Å². The Morgan fingerprint density at radius 2 is 1.95 bits per heavy atom. The molecule has 0 amide bonds. The molecule has 0 saturated carbocycles. The lowest BCUT2D eigenvalue weighted by atomic mass is 10.2. The van der Waals surface area contributed by atoms with E-state index in [1.807, 2.05) is 49.4 Å². The predicted octanol–water partition coefficient (Wildman–Crippen LogP) is 5.36. The van der Waals surface area contributed by atoms with E-state index < -0.39 is 0 Å². The van der Waals surface area contributed by atoms with Crippen LogP contribution >= 0.6 is 23.4 Å². The van der Waals surface area contributed by atoms with E-state index in [1.165, 1.54) is 17.8 Å². The van der Waals surface area contributed by atoms with E-state index >= 15 is 0 Å². The van der Waals surface area contributed by atoms with Gasteiger partial charge < -0.3 is 0 Å². The number of hydrogen-bond donors (Lipinski definition) is 0. The second-order valence-electron chi connectivity index (χ2n) is 4.45. The quantitative estimate of drug-likeness (QED) is 0.423. The number of nitro benzene ring substituents is 1. The largest absolute Gasteiger partial charge is 0.283 e. The van der Waals surface area contributed by atoms with Crippen LogP contribution in [0.15, 0.2) is 53.4 Å². The molecule has 5 heteroatoms. The Morgan fingerprint density at radius 1 is 1.24 bits per heavy atom. The van der Waals surface area contributed by atoms with E-state index in [2.05, 4.69) is 0 Å².